The molecule has 0 saturated carbocycles. The highest BCUT2D eigenvalue weighted by Crippen LogP contribution is 2.22. The first-order valence-electron chi connectivity index (χ1n) is 3.70. The molecule has 0 aliphatic heterocycles. The average Bonchev–Trinajstić information content (AvgIpc) is 1.81. The number of rotatable bonds is 3. The van der Waals surface area contributed by atoms with Gasteiger partial charge in [0.25, 0.3) is 0 Å². The maximum Gasteiger partial charge on any atom is 0.319 e. The molecule has 0 heterocycles. The molecule has 0 aromatic heterocycles. The first-order valence-corrected chi connectivity index (χ1v) is 3.70. The van der Waals surface area contributed by atoms with Crippen LogP contribution in [0.1, 0.15) is 27.2 Å². The highest BCUT2D eigenvalue weighted by atomic mass is 16.6. The maximum absolute atomic E-state index is 11.1. The van der Waals surface area contributed by atoms with E-state index >= 15 is 0 Å². The molecule has 0 aliphatic rings. The SMILES string of the molecule is CC(=O)OC(=O)C(C)(C)CC(=O)O. The lowest BCUT2D eigenvalue weighted by molar-refractivity contribution is -0.167. The monoisotopic (exact) mass is 188 g/mol. The van der Waals surface area contributed by atoms with Crippen LogP contribution in [-0.4, -0.2) is 23.0 Å². The van der Waals surface area contributed by atoms with E-state index in [1.54, 1.807) is 0 Å². The van der Waals surface area contributed by atoms with Gasteiger partial charge in [-0.25, -0.2) is 0 Å². The highest BCUT2D eigenvalue weighted by Gasteiger charge is 2.33. The van der Waals surface area contributed by atoms with E-state index in [1.165, 1.54) is 13.8 Å². The average molecular weight is 188 g/mol. The molecule has 5 heteroatoms. The molecule has 0 aliphatic carbocycles. The van der Waals surface area contributed by atoms with Crippen molar-refractivity contribution in [2.45, 2.75) is 27.2 Å². The zero-order valence-corrected chi connectivity index (χ0v) is 7.79. The number of carboxylic acids is 1. The van der Waals surface area contributed by atoms with Crippen molar-refractivity contribution < 1.29 is 24.2 Å². The Bertz CT molecular complexity index is 241. The molecule has 0 aromatic rings. The van der Waals surface area contributed by atoms with Gasteiger partial charge < -0.3 is 9.84 Å². The van der Waals surface area contributed by atoms with E-state index in [4.69, 9.17) is 5.11 Å². The molecule has 0 amide bonds. The molecule has 0 unspecified atom stereocenters. The molecule has 0 rings (SSSR count). The summed E-state index contributed by atoms with van der Waals surface area (Å²) in [5.41, 5.74) is -1.17. The van der Waals surface area contributed by atoms with E-state index in [0.717, 1.165) is 6.92 Å². The molecule has 1 N–H and O–H groups in total. The second kappa shape index (κ2) is 4.02. The molecule has 74 valence electrons. The summed E-state index contributed by atoms with van der Waals surface area (Å²) in [5, 5.41) is 8.44. The number of hydrogen-bond donors (Lipinski definition) is 1. The van der Waals surface area contributed by atoms with Crippen LogP contribution in [0.5, 0.6) is 0 Å². The Morgan fingerprint density at radius 2 is 1.77 bits per heavy atom. The van der Waals surface area contributed by atoms with Crippen LogP contribution < -0.4 is 0 Å². The van der Waals surface area contributed by atoms with Gasteiger partial charge in [0.15, 0.2) is 0 Å². The van der Waals surface area contributed by atoms with Crippen molar-refractivity contribution in [1.29, 1.82) is 0 Å². The molecule has 13 heavy (non-hydrogen) atoms. The number of hydrogen-bond acceptors (Lipinski definition) is 4. The van der Waals surface area contributed by atoms with Crippen molar-refractivity contribution in [3.05, 3.63) is 0 Å². The number of aliphatic carboxylic acids is 1. The molecule has 0 bridgehead atoms. The maximum atomic E-state index is 11.1. The summed E-state index contributed by atoms with van der Waals surface area (Å²) in [6.07, 6.45) is -0.362. The quantitative estimate of drug-likeness (QED) is 0.517. The Morgan fingerprint density at radius 3 is 2.08 bits per heavy atom. The van der Waals surface area contributed by atoms with E-state index in [0.29, 0.717) is 0 Å². The molecular formula is C8H12O5. The minimum absolute atomic E-state index is 0.362. The van der Waals surface area contributed by atoms with E-state index in [2.05, 4.69) is 4.74 Å². The van der Waals surface area contributed by atoms with Gasteiger partial charge >= 0.3 is 17.9 Å². The minimum Gasteiger partial charge on any atom is -0.481 e. The number of esters is 2. The van der Waals surface area contributed by atoms with Crippen molar-refractivity contribution in [3.63, 3.8) is 0 Å². The van der Waals surface area contributed by atoms with Gasteiger partial charge in [-0.3, -0.25) is 14.4 Å². The van der Waals surface area contributed by atoms with Crippen LogP contribution in [0.25, 0.3) is 0 Å². The fraction of sp³-hybridized carbons (Fsp3) is 0.625. The van der Waals surface area contributed by atoms with Gasteiger partial charge in [0.2, 0.25) is 0 Å². The van der Waals surface area contributed by atoms with Crippen LogP contribution in [0.3, 0.4) is 0 Å². The number of carbonyl (C=O) groups is 3. The van der Waals surface area contributed by atoms with Gasteiger partial charge in [0.05, 0.1) is 11.8 Å². The van der Waals surface area contributed by atoms with Crippen LogP contribution >= 0.6 is 0 Å². The van der Waals surface area contributed by atoms with Crippen LogP contribution in [0.15, 0.2) is 0 Å². The molecular weight excluding hydrogens is 176 g/mol. The fourth-order valence-electron chi connectivity index (χ4n) is 0.719. The van der Waals surface area contributed by atoms with Gasteiger partial charge in [0, 0.05) is 6.92 Å². The third kappa shape index (κ3) is 4.25. The minimum atomic E-state index is -1.17. The molecule has 0 fully saturated rings. The molecule has 0 radical (unpaired) electrons. The summed E-state index contributed by atoms with van der Waals surface area (Å²) < 4.78 is 4.27. The highest BCUT2D eigenvalue weighted by molar-refractivity contribution is 5.89. The van der Waals surface area contributed by atoms with Gasteiger partial charge in [-0.05, 0) is 13.8 Å². The van der Waals surface area contributed by atoms with Crippen molar-refractivity contribution in [2.75, 3.05) is 0 Å². The third-order valence-electron chi connectivity index (χ3n) is 1.38. The molecule has 0 aromatic carbocycles. The summed E-state index contributed by atoms with van der Waals surface area (Å²) in [6, 6.07) is 0. The lowest BCUT2D eigenvalue weighted by Crippen LogP contribution is -2.30. The van der Waals surface area contributed by atoms with E-state index < -0.39 is 23.3 Å². The van der Waals surface area contributed by atoms with Crippen molar-refractivity contribution in [2.24, 2.45) is 5.41 Å². The number of carboxylic acid groups (broad SMARTS) is 1. The third-order valence-corrected chi connectivity index (χ3v) is 1.38. The van der Waals surface area contributed by atoms with Gasteiger partial charge in [0.1, 0.15) is 0 Å². The Balaban J connectivity index is 4.35. The summed E-state index contributed by atoms with van der Waals surface area (Å²) in [4.78, 5) is 31.8. The van der Waals surface area contributed by atoms with Gasteiger partial charge in [-0.1, -0.05) is 0 Å². The van der Waals surface area contributed by atoms with E-state index in [-0.39, 0.29) is 6.42 Å². The summed E-state index contributed by atoms with van der Waals surface area (Å²) in [6.45, 7) is 3.91. The van der Waals surface area contributed by atoms with Crippen LogP contribution in [0, 0.1) is 5.41 Å². The summed E-state index contributed by atoms with van der Waals surface area (Å²) in [7, 11) is 0. The zero-order valence-electron chi connectivity index (χ0n) is 7.79. The second-order valence-electron chi connectivity index (χ2n) is 3.34. The lowest BCUT2D eigenvalue weighted by atomic mass is 9.90. The number of carbonyl (C=O) groups excluding carboxylic acids is 2. The standard InChI is InChI=1S/C8H12O5/c1-5(9)13-7(12)8(2,3)4-6(10)11/h4H2,1-3H3,(H,10,11). The first-order chi connectivity index (χ1) is 5.75. The Kier molecular flexibility index (Phi) is 3.59. The predicted molar refractivity (Wildman–Crippen MR) is 42.8 cm³/mol. The molecule has 0 atom stereocenters. The Labute approximate surface area is 75.7 Å². The second-order valence-corrected chi connectivity index (χ2v) is 3.34. The fourth-order valence-corrected chi connectivity index (χ4v) is 0.719. The van der Waals surface area contributed by atoms with Gasteiger partial charge in [-0.15, -0.1) is 0 Å². The largest absolute Gasteiger partial charge is 0.481 e. The van der Waals surface area contributed by atoms with E-state index in [1.807, 2.05) is 0 Å². The topological polar surface area (TPSA) is 80.7 Å². The van der Waals surface area contributed by atoms with Crippen LogP contribution in [0.4, 0.5) is 0 Å². The summed E-state index contributed by atoms with van der Waals surface area (Å²) in [5.74, 6) is -2.66. The van der Waals surface area contributed by atoms with E-state index in [9.17, 15) is 14.4 Å². The van der Waals surface area contributed by atoms with Crippen molar-refractivity contribution in [1.82, 2.24) is 0 Å². The Hall–Kier alpha value is -1.39. The smallest absolute Gasteiger partial charge is 0.319 e. The number of ether oxygens (including phenoxy) is 1. The summed E-state index contributed by atoms with van der Waals surface area (Å²) >= 11 is 0. The van der Waals surface area contributed by atoms with Crippen molar-refractivity contribution in [3.8, 4) is 0 Å². The van der Waals surface area contributed by atoms with Crippen molar-refractivity contribution >= 4 is 17.9 Å². The Morgan fingerprint density at radius 1 is 1.31 bits per heavy atom. The predicted octanol–water partition coefficient (Wildman–Crippen LogP) is 0.577. The molecule has 0 spiro atoms. The van der Waals surface area contributed by atoms with Crippen LogP contribution in [-0.2, 0) is 19.1 Å². The lowest BCUT2D eigenvalue weighted by Gasteiger charge is -2.18. The first kappa shape index (κ1) is 11.6. The van der Waals surface area contributed by atoms with Gasteiger partial charge in [-0.2, -0.15) is 0 Å². The normalized spacial score (nSPS) is 10.7. The molecule has 5 nitrogen and oxygen atoms in total. The molecule has 0 saturated heterocycles. The van der Waals surface area contributed by atoms with Crippen LogP contribution in [0.2, 0.25) is 0 Å². The zero-order chi connectivity index (χ0) is 10.6.